The van der Waals surface area contributed by atoms with Gasteiger partial charge in [-0.3, -0.25) is 0 Å². The SMILES string of the molecule is C[C@H](CCCCCC[C@@H](C)C(=O)[O-])C(=O)[O-]. The molecule has 0 saturated carbocycles. The molecule has 0 aromatic rings. The Bertz CT molecular complexity index is 201. The molecule has 0 aromatic heterocycles. The molecule has 4 nitrogen and oxygen atoms in total. The third kappa shape index (κ3) is 7.26. The van der Waals surface area contributed by atoms with Gasteiger partial charge in [-0.25, -0.2) is 0 Å². The van der Waals surface area contributed by atoms with Crippen molar-refractivity contribution in [1.82, 2.24) is 0 Å². The van der Waals surface area contributed by atoms with E-state index in [4.69, 9.17) is 0 Å². The van der Waals surface area contributed by atoms with E-state index < -0.39 is 11.9 Å². The lowest BCUT2D eigenvalue weighted by Crippen LogP contribution is -2.29. The summed E-state index contributed by atoms with van der Waals surface area (Å²) in [5.41, 5.74) is 0. The number of rotatable bonds is 9. The summed E-state index contributed by atoms with van der Waals surface area (Å²) in [6.07, 6.45) is 4.87. The van der Waals surface area contributed by atoms with Crippen LogP contribution < -0.4 is 10.2 Å². The van der Waals surface area contributed by atoms with Crippen LogP contribution in [0.5, 0.6) is 0 Å². The molecule has 0 aliphatic heterocycles. The molecule has 0 N–H and O–H groups in total. The summed E-state index contributed by atoms with van der Waals surface area (Å²) in [6, 6.07) is 0. The minimum Gasteiger partial charge on any atom is -0.550 e. The predicted octanol–water partition coefficient (Wildman–Crippen LogP) is 0.0990. The zero-order chi connectivity index (χ0) is 12.6. The minimum atomic E-state index is -0.995. The highest BCUT2D eigenvalue weighted by Crippen LogP contribution is 2.13. The maximum absolute atomic E-state index is 10.4. The van der Waals surface area contributed by atoms with Gasteiger partial charge in [0.05, 0.1) is 0 Å². The van der Waals surface area contributed by atoms with E-state index in [9.17, 15) is 19.8 Å². The van der Waals surface area contributed by atoms with E-state index in [-0.39, 0.29) is 11.8 Å². The van der Waals surface area contributed by atoms with Crippen LogP contribution in [0.2, 0.25) is 0 Å². The molecule has 2 atom stereocenters. The number of aliphatic carboxylic acids is 2. The van der Waals surface area contributed by atoms with E-state index in [2.05, 4.69) is 0 Å². The Balaban J connectivity index is 3.34. The maximum atomic E-state index is 10.4. The van der Waals surface area contributed by atoms with Crippen molar-refractivity contribution in [1.29, 1.82) is 0 Å². The van der Waals surface area contributed by atoms with Crippen molar-refractivity contribution in [2.45, 2.75) is 52.4 Å². The van der Waals surface area contributed by atoms with E-state index in [1.165, 1.54) is 0 Å². The molecule has 0 heterocycles. The molecule has 0 amide bonds. The molecular formula is C12H20O4-2. The average Bonchev–Trinajstić information content (AvgIpc) is 2.21. The monoisotopic (exact) mass is 228 g/mol. The number of carboxylic acid groups (broad SMARTS) is 2. The summed E-state index contributed by atoms with van der Waals surface area (Å²) in [6.45, 7) is 3.29. The fraction of sp³-hybridized carbons (Fsp3) is 0.833. The Labute approximate surface area is 96.7 Å². The van der Waals surface area contributed by atoms with Crippen molar-refractivity contribution < 1.29 is 19.8 Å². The van der Waals surface area contributed by atoms with Gasteiger partial charge >= 0.3 is 0 Å². The van der Waals surface area contributed by atoms with Gasteiger partial charge in [-0.15, -0.1) is 0 Å². The first kappa shape index (κ1) is 14.9. The second kappa shape index (κ2) is 8.13. The highest BCUT2D eigenvalue weighted by Gasteiger charge is 2.04. The second-order valence-electron chi connectivity index (χ2n) is 4.43. The minimum absolute atomic E-state index is 0.387. The van der Waals surface area contributed by atoms with E-state index in [1.807, 2.05) is 0 Å². The van der Waals surface area contributed by atoms with Gasteiger partial charge in [0.2, 0.25) is 0 Å². The molecule has 16 heavy (non-hydrogen) atoms. The van der Waals surface area contributed by atoms with Gasteiger partial charge in [0.1, 0.15) is 0 Å². The first-order valence-corrected chi connectivity index (χ1v) is 5.87. The number of hydrogen-bond acceptors (Lipinski definition) is 4. The Morgan fingerprint density at radius 2 is 1.12 bits per heavy atom. The first-order valence-electron chi connectivity index (χ1n) is 5.87. The van der Waals surface area contributed by atoms with Crippen LogP contribution in [0.1, 0.15) is 52.4 Å². The summed E-state index contributed by atoms with van der Waals surface area (Å²) in [5, 5.41) is 20.8. The number of carbonyl (C=O) groups is 2. The van der Waals surface area contributed by atoms with Crippen molar-refractivity contribution in [3.05, 3.63) is 0 Å². The van der Waals surface area contributed by atoms with Crippen molar-refractivity contribution in [2.75, 3.05) is 0 Å². The Kier molecular flexibility index (Phi) is 7.60. The second-order valence-corrected chi connectivity index (χ2v) is 4.43. The summed E-state index contributed by atoms with van der Waals surface area (Å²) in [4.78, 5) is 20.8. The van der Waals surface area contributed by atoms with Gasteiger partial charge in [0, 0.05) is 11.9 Å². The van der Waals surface area contributed by atoms with E-state index >= 15 is 0 Å². The van der Waals surface area contributed by atoms with Gasteiger partial charge in [-0.2, -0.15) is 0 Å². The molecule has 0 radical (unpaired) electrons. The number of hydrogen-bond donors (Lipinski definition) is 0. The Hall–Kier alpha value is -1.06. The van der Waals surface area contributed by atoms with Crippen LogP contribution in [0.15, 0.2) is 0 Å². The van der Waals surface area contributed by atoms with Gasteiger partial charge in [-0.1, -0.05) is 39.5 Å². The fourth-order valence-corrected chi connectivity index (χ4v) is 1.49. The predicted molar refractivity (Wildman–Crippen MR) is 56.0 cm³/mol. The molecular weight excluding hydrogens is 208 g/mol. The quantitative estimate of drug-likeness (QED) is 0.524. The Morgan fingerprint density at radius 1 is 0.812 bits per heavy atom. The molecule has 0 aromatic carbocycles. The standard InChI is InChI=1S/C12H22O4/c1-9(11(13)14)7-5-3-4-6-8-10(2)12(15)16/h9-10H,3-8H2,1-2H3,(H,13,14)(H,15,16)/p-2/t9-,10-/m1/s1. The lowest BCUT2D eigenvalue weighted by molar-refractivity contribution is -0.312. The Morgan fingerprint density at radius 3 is 1.38 bits per heavy atom. The van der Waals surface area contributed by atoms with Crippen molar-refractivity contribution in [3.8, 4) is 0 Å². The number of carbonyl (C=O) groups excluding carboxylic acids is 2. The highest BCUT2D eigenvalue weighted by atomic mass is 16.4. The summed E-state index contributed by atoms with van der Waals surface area (Å²) < 4.78 is 0. The molecule has 0 rings (SSSR count). The molecule has 0 bridgehead atoms. The van der Waals surface area contributed by atoms with E-state index in [1.54, 1.807) is 13.8 Å². The average molecular weight is 228 g/mol. The van der Waals surface area contributed by atoms with Crippen LogP contribution >= 0.6 is 0 Å². The molecule has 94 valence electrons. The van der Waals surface area contributed by atoms with Crippen molar-refractivity contribution in [3.63, 3.8) is 0 Å². The zero-order valence-electron chi connectivity index (χ0n) is 10.0. The van der Waals surface area contributed by atoms with Gasteiger partial charge in [0.25, 0.3) is 0 Å². The molecule has 0 fully saturated rings. The van der Waals surface area contributed by atoms with Crippen LogP contribution in [-0.2, 0) is 9.59 Å². The molecule has 0 aliphatic rings. The van der Waals surface area contributed by atoms with Crippen molar-refractivity contribution >= 4 is 11.9 Å². The number of carboxylic acids is 2. The highest BCUT2D eigenvalue weighted by molar-refractivity contribution is 5.67. The zero-order valence-corrected chi connectivity index (χ0v) is 10.0. The van der Waals surface area contributed by atoms with Crippen LogP contribution in [0.3, 0.4) is 0 Å². The maximum Gasteiger partial charge on any atom is 0.0442 e. The van der Waals surface area contributed by atoms with Crippen LogP contribution in [0, 0.1) is 11.8 Å². The lowest BCUT2D eigenvalue weighted by Gasteiger charge is -2.13. The fourth-order valence-electron chi connectivity index (χ4n) is 1.49. The third-order valence-corrected chi connectivity index (χ3v) is 2.83. The first-order chi connectivity index (χ1) is 7.45. The summed E-state index contributed by atoms with van der Waals surface area (Å²) in [5.74, 6) is -2.76. The van der Waals surface area contributed by atoms with Crippen LogP contribution in [0.4, 0.5) is 0 Å². The molecule has 0 spiro atoms. The smallest absolute Gasteiger partial charge is 0.0442 e. The summed E-state index contributed by atoms with van der Waals surface area (Å²) in [7, 11) is 0. The molecule has 0 aliphatic carbocycles. The summed E-state index contributed by atoms with van der Waals surface area (Å²) >= 11 is 0. The van der Waals surface area contributed by atoms with Gasteiger partial charge in [0.15, 0.2) is 0 Å². The molecule has 0 unspecified atom stereocenters. The van der Waals surface area contributed by atoms with Gasteiger partial charge < -0.3 is 19.8 Å². The largest absolute Gasteiger partial charge is 0.550 e. The van der Waals surface area contributed by atoms with E-state index in [0.717, 1.165) is 25.7 Å². The van der Waals surface area contributed by atoms with Crippen LogP contribution in [-0.4, -0.2) is 11.9 Å². The van der Waals surface area contributed by atoms with E-state index in [0.29, 0.717) is 12.8 Å². The topological polar surface area (TPSA) is 80.3 Å². The lowest BCUT2D eigenvalue weighted by atomic mass is 10.00. The number of unbranched alkanes of at least 4 members (excludes halogenated alkanes) is 3. The molecule has 0 saturated heterocycles. The van der Waals surface area contributed by atoms with Crippen LogP contribution in [0.25, 0.3) is 0 Å². The molecule has 4 heteroatoms. The normalized spacial score (nSPS) is 14.4. The van der Waals surface area contributed by atoms with Gasteiger partial charge in [-0.05, 0) is 24.7 Å². The van der Waals surface area contributed by atoms with Crippen molar-refractivity contribution in [2.24, 2.45) is 11.8 Å². The third-order valence-electron chi connectivity index (χ3n) is 2.83.